The molecular weight excluding hydrogens is 216 g/mol. The number of nitrogens with one attached hydrogen (secondary N) is 1. The molecule has 4 nitrogen and oxygen atoms in total. The minimum Gasteiger partial charge on any atom is -0.497 e. The molecule has 1 heterocycles. The quantitative estimate of drug-likeness (QED) is 0.692. The minimum atomic E-state index is -0.469. The normalized spacial score (nSPS) is 18.9. The molecule has 1 atom stereocenters. The lowest BCUT2D eigenvalue weighted by Gasteiger charge is -2.28. The van der Waals surface area contributed by atoms with E-state index in [9.17, 15) is 5.11 Å². The number of benzene rings is 1. The number of nitrogen functional groups attached to an aromatic ring is 1. The van der Waals surface area contributed by atoms with Gasteiger partial charge in [-0.05, 0) is 37.9 Å². The molecule has 1 aliphatic rings. The lowest BCUT2D eigenvalue weighted by molar-refractivity contribution is 0.0895. The van der Waals surface area contributed by atoms with Gasteiger partial charge in [0.25, 0.3) is 0 Å². The van der Waals surface area contributed by atoms with Crippen LogP contribution in [0.15, 0.2) is 18.2 Å². The number of anilines is 1. The van der Waals surface area contributed by atoms with Gasteiger partial charge in [-0.2, -0.15) is 0 Å². The summed E-state index contributed by atoms with van der Waals surface area (Å²) in [6, 6.07) is 5.47. The van der Waals surface area contributed by atoms with Gasteiger partial charge in [0.2, 0.25) is 0 Å². The van der Waals surface area contributed by atoms with Crippen LogP contribution in [0.25, 0.3) is 0 Å². The van der Waals surface area contributed by atoms with Crippen molar-refractivity contribution in [3.05, 3.63) is 23.8 Å². The lowest BCUT2D eigenvalue weighted by Crippen LogP contribution is -2.31. The monoisotopic (exact) mass is 236 g/mol. The van der Waals surface area contributed by atoms with Gasteiger partial charge in [-0.3, -0.25) is 0 Å². The van der Waals surface area contributed by atoms with Crippen molar-refractivity contribution in [2.24, 2.45) is 5.92 Å². The summed E-state index contributed by atoms with van der Waals surface area (Å²) in [7, 11) is 1.61. The molecule has 0 aliphatic carbocycles. The topological polar surface area (TPSA) is 67.5 Å². The Labute approximate surface area is 102 Å². The van der Waals surface area contributed by atoms with Crippen LogP contribution in [-0.2, 0) is 0 Å². The number of piperidine rings is 1. The Morgan fingerprint density at radius 3 is 2.71 bits per heavy atom. The lowest BCUT2D eigenvalue weighted by atomic mass is 9.87. The van der Waals surface area contributed by atoms with E-state index in [1.54, 1.807) is 13.2 Å². The number of methoxy groups -OCH3 is 1. The largest absolute Gasteiger partial charge is 0.497 e. The first kappa shape index (κ1) is 12.2. The van der Waals surface area contributed by atoms with E-state index in [2.05, 4.69) is 5.32 Å². The molecule has 1 aliphatic heterocycles. The van der Waals surface area contributed by atoms with Crippen LogP contribution in [0.4, 0.5) is 5.69 Å². The second-order valence-electron chi connectivity index (χ2n) is 4.53. The number of hydrogen-bond acceptors (Lipinski definition) is 4. The maximum atomic E-state index is 10.3. The van der Waals surface area contributed by atoms with Gasteiger partial charge in [-0.15, -0.1) is 0 Å². The molecular formula is C13H20N2O2. The SMILES string of the molecule is COc1ccc(C(O)C2CCNCC2)c(N)c1. The van der Waals surface area contributed by atoms with E-state index in [1.807, 2.05) is 12.1 Å². The van der Waals surface area contributed by atoms with Gasteiger partial charge in [0.05, 0.1) is 13.2 Å². The van der Waals surface area contributed by atoms with Crippen LogP contribution >= 0.6 is 0 Å². The average molecular weight is 236 g/mol. The molecule has 1 aromatic rings. The van der Waals surface area contributed by atoms with Crippen molar-refractivity contribution >= 4 is 5.69 Å². The summed E-state index contributed by atoms with van der Waals surface area (Å²) >= 11 is 0. The number of aliphatic hydroxyl groups excluding tert-OH is 1. The van der Waals surface area contributed by atoms with E-state index in [4.69, 9.17) is 10.5 Å². The van der Waals surface area contributed by atoms with E-state index >= 15 is 0 Å². The summed E-state index contributed by atoms with van der Waals surface area (Å²) in [6.07, 6.45) is 1.52. The molecule has 94 valence electrons. The molecule has 4 heteroatoms. The van der Waals surface area contributed by atoms with Gasteiger partial charge in [0, 0.05) is 17.3 Å². The second kappa shape index (κ2) is 5.38. The summed E-state index contributed by atoms with van der Waals surface area (Å²) in [6.45, 7) is 1.94. The molecule has 4 N–H and O–H groups in total. The molecule has 0 spiro atoms. The Morgan fingerprint density at radius 1 is 1.41 bits per heavy atom. The molecule has 1 unspecified atom stereocenters. The van der Waals surface area contributed by atoms with Crippen molar-refractivity contribution in [2.75, 3.05) is 25.9 Å². The van der Waals surface area contributed by atoms with Gasteiger partial charge in [0.1, 0.15) is 5.75 Å². The smallest absolute Gasteiger partial charge is 0.120 e. The fraction of sp³-hybridized carbons (Fsp3) is 0.538. The molecule has 0 aromatic heterocycles. The first-order valence-electron chi connectivity index (χ1n) is 6.04. The first-order chi connectivity index (χ1) is 8.22. The molecule has 0 saturated carbocycles. The third kappa shape index (κ3) is 2.70. The van der Waals surface area contributed by atoms with Crippen molar-refractivity contribution < 1.29 is 9.84 Å². The number of hydrogen-bond donors (Lipinski definition) is 3. The van der Waals surface area contributed by atoms with Crippen LogP contribution in [0.2, 0.25) is 0 Å². The van der Waals surface area contributed by atoms with Crippen LogP contribution in [0.5, 0.6) is 5.75 Å². The Hall–Kier alpha value is -1.26. The zero-order chi connectivity index (χ0) is 12.3. The van der Waals surface area contributed by atoms with E-state index in [0.29, 0.717) is 11.6 Å². The highest BCUT2D eigenvalue weighted by Crippen LogP contribution is 2.33. The van der Waals surface area contributed by atoms with E-state index < -0.39 is 6.10 Å². The highest BCUT2D eigenvalue weighted by Gasteiger charge is 2.24. The molecule has 1 aromatic carbocycles. The molecule has 1 saturated heterocycles. The van der Waals surface area contributed by atoms with Crippen molar-refractivity contribution in [1.82, 2.24) is 5.32 Å². The molecule has 0 radical (unpaired) electrons. The molecule has 0 amide bonds. The zero-order valence-electron chi connectivity index (χ0n) is 10.1. The Kier molecular flexibility index (Phi) is 3.86. The Balaban J connectivity index is 2.15. The predicted molar refractivity (Wildman–Crippen MR) is 68.0 cm³/mol. The fourth-order valence-corrected chi connectivity index (χ4v) is 2.36. The van der Waals surface area contributed by atoms with Crippen LogP contribution in [0.3, 0.4) is 0 Å². The van der Waals surface area contributed by atoms with Crippen LogP contribution in [0.1, 0.15) is 24.5 Å². The Bertz CT molecular complexity index is 376. The summed E-state index contributed by atoms with van der Waals surface area (Å²) in [5.74, 6) is 1.02. The second-order valence-corrected chi connectivity index (χ2v) is 4.53. The maximum Gasteiger partial charge on any atom is 0.120 e. The zero-order valence-corrected chi connectivity index (χ0v) is 10.1. The standard InChI is InChI=1S/C13H20N2O2/c1-17-10-2-3-11(12(14)8-10)13(16)9-4-6-15-7-5-9/h2-3,8-9,13,15-16H,4-7,14H2,1H3. The van der Waals surface area contributed by atoms with E-state index in [1.165, 1.54) is 0 Å². The minimum absolute atomic E-state index is 0.298. The van der Waals surface area contributed by atoms with E-state index in [-0.39, 0.29) is 0 Å². The number of nitrogens with two attached hydrogens (primary N) is 1. The summed E-state index contributed by atoms with van der Waals surface area (Å²) in [5.41, 5.74) is 7.37. The van der Waals surface area contributed by atoms with Gasteiger partial charge in [0.15, 0.2) is 0 Å². The first-order valence-corrected chi connectivity index (χ1v) is 6.04. The number of aliphatic hydroxyl groups is 1. The molecule has 17 heavy (non-hydrogen) atoms. The Morgan fingerprint density at radius 2 is 2.12 bits per heavy atom. The predicted octanol–water partition coefficient (Wildman–Crippen LogP) is 1.31. The molecule has 1 fully saturated rings. The highest BCUT2D eigenvalue weighted by atomic mass is 16.5. The third-order valence-corrected chi connectivity index (χ3v) is 3.44. The molecule has 0 bridgehead atoms. The van der Waals surface area contributed by atoms with Gasteiger partial charge < -0.3 is 20.9 Å². The average Bonchev–Trinajstić information content (AvgIpc) is 2.39. The van der Waals surface area contributed by atoms with Crippen LogP contribution < -0.4 is 15.8 Å². The third-order valence-electron chi connectivity index (χ3n) is 3.44. The maximum absolute atomic E-state index is 10.3. The van der Waals surface area contributed by atoms with Crippen LogP contribution in [0, 0.1) is 5.92 Å². The van der Waals surface area contributed by atoms with Gasteiger partial charge >= 0.3 is 0 Å². The van der Waals surface area contributed by atoms with Gasteiger partial charge in [-0.1, -0.05) is 6.07 Å². The highest BCUT2D eigenvalue weighted by molar-refractivity contribution is 5.52. The summed E-state index contributed by atoms with van der Waals surface area (Å²) < 4.78 is 5.10. The summed E-state index contributed by atoms with van der Waals surface area (Å²) in [5, 5.41) is 13.6. The van der Waals surface area contributed by atoms with Crippen molar-refractivity contribution in [3.63, 3.8) is 0 Å². The van der Waals surface area contributed by atoms with Crippen molar-refractivity contribution in [2.45, 2.75) is 18.9 Å². The number of ether oxygens (including phenoxy) is 1. The summed E-state index contributed by atoms with van der Waals surface area (Å²) in [4.78, 5) is 0. The molecule has 2 rings (SSSR count). The van der Waals surface area contributed by atoms with Gasteiger partial charge in [-0.25, -0.2) is 0 Å². The van der Waals surface area contributed by atoms with E-state index in [0.717, 1.165) is 37.2 Å². The number of rotatable bonds is 3. The van der Waals surface area contributed by atoms with Crippen molar-refractivity contribution in [3.8, 4) is 5.75 Å². The fourth-order valence-electron chi connectivity index (χ4n) is 2.36. The van der Waals surface area contributed by atoms with Crippen molar-refractivity contribution in [1.29, 1.82) is 0 Å². The van der Waals surface area contributed by atoms with Crippen LogP contribution in [-0.4, -0.2) is 25.3 Å².